The molecule has 0 saturated heterocycles. The Morgan fingerprint density at radius 1 is 1.09 bits per heavy atom. The van der Waals surface area contributed by atoms with Crippen LogP contribution in [0.15, 0.2) is 10.8 Å². The molecule has 0 aromatic carbocycles. The van der Waals surface area contributed by atoms with E-state index in [0.29, 0.717) is 10.8 Å². The molecule has 0 atom stereocenters. The largest absolute Gasteiger partial charge is 0.348 e. The molecule has 0 saturated carbocycles. The summed E-state index contributed by atoms with van der Waals surface area (Å²) in [6.45, 7) is 0. The van der Waals surface area contributed by atoms with Gasteiger partial charge in [0.1, 0.15) is 0 Å². The van der Waals surface area contributed by atoms with Crippen LogP contribution in [0.1, 0.15) is 0 Å². The lowest BCUT2D eigenvalue weighted by Crippen LogP contribution is -1.88. The third kappa shape index (κ3) is 4.75. The van der Waals surface area contributed by atoms with Crippen molar-refractivity contribution in [1.82, 2.24) is 0 Å². The summed E-state index contributed by atoms with van der Waals surface area (Å²) in [5.41, 5.74) is 15.5. The molecule has 0 aromatic heterocycles. The van der Waals surface area contributed by atoms with Crippen molar-refractivity contribution < 1.29 is 18.0 Å². The van der Waals surface area contributed by atoms with Gasteiger partial charge in [-0.15, -0.1) is 9.58 Å². The van der Waals surface area contributed by atoms with Crippen LogP contribution < -0.4 is 0 Å². The maximum Gasteiger partial charge on any atom is 0.312 e. The molecule has 0 N–H and O–H groups in total. The van der Waals surface area contributed by atoms with E-state index < -0.39 is 9.84 Å². The predicted octanol–water partition coefficient (Wildman–Crippen LogP) is -0.772. The van der Waals surface area contributed by atoms with Crippen molar-refractivity contribution in [3.8, 4) is 0 Å². The van der Waals surface area contributed by atoms with Gasteiger partial charge in [-0.05, 0) is 0 Å². The lowest BCUT2D eigenvalue weighted by atomic mass is 11.2. The molecule has 0 spiro atoms. The fourth-order valence-corrected chi connectivity index (χ4v) is 0.684. The second-order valence-electron chi connectivity index (χ2n) is 1.28. The molecular weight excluding hydrogens is 168 g/mol. The standard InChI is InChI=1S/C4H2N4O2S/c5-7-1-3-11(9,10)4-2-8-6/h3-4H. The van der Waals surface area contributed by atoms with Crippen molar-refractivity contribution in [3.05, 3.63) is 21.9 Å². The normalized spacial score (nSPS) is 8.00. The highest BCUT2D eigenvalue weighted by Crippen LogP contribution is 1.86. The first-order valence-electron chi connectivity index (χ1n) is 2.23. The number of rotatable bonds is 2. The van der Waals surface area contributed by atoms with Gasteiger partial charge in [-0.25, -0.2) is 8.42 Å². The van der Waals surface area contributed by atoms with Crippen LogP contribution in [0, 0.1) is 0 Å². The average Bonchev–Trinajstić information content (AvgIpc) is 1.97. The molecule has 0 aromatic rings. The van der Waals surface area contributed by atoms with Gasteiger partial charge in [0.2, 0.25) is 9.84 Å². The summed E-state index contributed by atoms with van der Waals surface area (Å²) in [7, 11) is -3.69. The quantitative estimate of drug-likeness (QED) is 0.308. The molecule has 0 unspecified atom stereocenters. The van der Waals surface area contributed by atoms with E-state index in [1.807, 2.05) is 0 Å². The molecule has 0 radical (unpaired) electrons. The SMILES string of the molecule is [N-]=[N+]=C=CS(=O)(=O)C=C=[N+]=[N-]. The fourth-order valence-electron chi connectivity index (χ4n) is 0.228. The Hall–Kier alpha value is -1.73. The first-order valence-corrected chi connectivity index (χ1v) is 3.84. The molecule has 0 bridgehead atoms. The van der Waals surface area contributed by atoms with Crippen molar-refractivity contribution in [2.24, 2.45) is 0 Å². The minimum absolute atomic E-state index is 0.491. The van der Waals surface area contributed by atoms with Gasteiger partial charge in [-0.3, -0.25) is 0 Å². The first kappa shape index (κ1) is 9.27. The summed E-state index contributed by atoms with van der Waals surface area (Å²) >= 11 is 0. The van der Waals surface area contributed by atoms with Crippen LogP contribution in [0.3, 0.4) is 0 Å². The summed E-state index contributed by atoms with van der Waals surface area (Å²) in [6.07, 6.45) is 0. The Labute approximate surface area is 62.2 Å². The van der Waals surface area contributed by atoms with Crippen LogP contribution in [-0.4, -0.2) is 29.7 Å². The van der Waals surface area contributed by atoms with E-state index in [4.69, 9.17) is 11.1 Å². The van der Waals surface area contributed by atoms with Gasteiger partial charge < -0.3 is 11.1 Å². The lowest BCUT2D eigenvalue weighted by molar-refractivity contribution is 0.00789. The zero-order valence-corrected chi connectivity index (χ0v) is 5.98. The van der Waals surface area contributed by atoms with Gasteiger partial charge in [0.25, 0.3) is 0 Å². The van der Waals surface area contributed by atoms with Gasteiger partial charge in [0.15, 0.2) is 10.8 Å². The Balaban J connectivity index is 5.09. The van der Waals surface area contributed by atoms with Gasteiger partial charge in [-0.1, -0.05) is 0 Å². The molecule has 0 aliphatic rings. The number of hydrogen-bond donors (Lipinski definition) is 0. The summed E-state index contributed by atoms with van der Waals surface area (Å²) in [5.74, 6) is 3.34. The van der Waals surface area contributed by atoms with Crippen LogP contribution in [-0.2, 0) is 9.84 Å². The maximum absolute atomic E-state index is 10.6. The molecule has 6 nitrogen and oxygen atoms in total. The summed E-state index contributed by atoms with van der Waals surface area (Å²) in [6, 6.07) is 0. The average molecular weight is 170 g/mol. The Morgan fingerprint density at radius 3 is 1.73 bits per heavy atom. The van der Waals surface area contributed by atoms with Crippen molar-refractivity contribution in [2.75, 3.05) is 0 Å². The van der Waals surface area contributed by atoms with Crippen molar-refractivity contribution in [1.29, 1.82) is 0 Å². The van der Waals surface area contributed by atoms with Crippen molar-refractivity contribution in [2.45, 2.75) is 0 Å². The summed E-state index contributed by atoms with van der Waals surface area (Å²) in [5, 5.41) is 0.982. The summed E-state index contributed by atoms with van der Waals surface area (Å²) < 4.78 is 21.1. The topological polar surface area (TPSA) is 107 Å². The summed E-state index contributed by atoms with van der Waals surface area (Å²) in [4.78, 5) is 4.61. The van der Waals surface area contributed by atoms with Crippen molar-refractivity contribution in [3.63, 3.8) is 0 Å². The molecule has 0 rings (SSSR count). The van der Waals surface area contributed by atoms with Crippen molar-refractivity contribution >= 4 is 21.6 Å². The van der Waals surface area contributed by atoms with E-state index in [2.05, 4.69) is 9.58 Å². The third-order valence-corrected chi connectivity index (χ3v) is 1.42. The first-order chi connectivity index (χ1) is 5.12. The zero-order chi connectivity index (χ0) is 8.74. The lowest BCUT2D eigenvalue weighted by Gasteiger charge is -1.72. The monoisotopic (exact) mass is 170 g/mol. The smallest absolute Gasteiger partial charge is 0.312 e. The predicted molar refractivity (Wildman–Crippen MR) is 35.3 cm³/mol. The molecule has 0 aliphatic carbocycles. The minimum atomic E-state index is -3.69. The third-order valence-electron chi connectivity index (χ3n) is 0.549. The van der Waals surface area contributed by atoms with E-state index >= 15 is 0 Å². The van der Waals surface area contributed by atoms with E-state index in [1.54, 1.807) is 11.7 Å². The molecule has 0 fully saturated rings. The highest BCUT2D eigenvalue weighted by Gasteiger charge is 2.01. The second kappa shape index (κ2) is 4.14. The zero-order valence-electron chi connectivity index (χ0n) is 5.17. The van der Waals surface area contributed by atoms with Gasteiger partial charge in [0, 0.05) is 0 Å². The molecule has 11 heavy (non-hydrogen) atoms. The van der Waals surface area contributed by atoms with E-state index in [0.717, 1.165) is 0 Å². The minimum Gasteiger partial charge on any atom is -0.348 e. The fraction of sp³-hybridized carbons (Fsp3) is 0. The maximum atomic E-state index is 10.6. The highest BCUT2D eigenvalue weighted by atomic mass is 32.2. The molecule has 0 aliphatic heterocycles. The Kier molecular flexibility index (Phi) is 3.49. The van der Waals surface area contributed by atoms with Crippen LogP contribution in [0.25, 0.3) is 11.1 Å². The molecule has 0 heterocycles. The number of nitrogens with zero attached hydrogens (tertiary/aromatic N) is 4. The number of hydrogen-bond acceptors (Lipinski definition) is 2. The Morgan fingerprint density at radius 2 is 1.45 bits per heavy atom. The van der Waals surface area contributed by atoms with Crippen LogP contribution in [0.4, 0.5) is 0 Å². The molecule has 7 heteroatoms. The van der Waals surface area contributed by atoms with E-state index in [9.17, 15) is 8.42 Å². The van der Waals surface area contributed by atoms with Crippen LogP contribution >= 0.6 is 0 Å². The van der Waals surface area contributed by atoms with E-state index in [1.165, 1.54) is 0 Å². The molecular formula is C4H2N4O2S. The highest BCUT2D eigenvalue weighted by molar-refractivity contribution is 7.97. The Bertz CT molecular complexity index is 363. The molecule has 56 valence electrons. The van der Waals surface area contributed by atoms with Crippen LogP contribution in [0.2, 0.25) is 0 Å². The van der Waals surface area contributed by atoms with Gasteiger partial charge in [-0.2, -0.15) is 0 Å². The van der Waals surface area contributed by atoms with Crippen LogP contribution in [0.5, 0.6) is 0 Å². The number of sulfone groups is 1. The molecule has 0 amide bonds. The van der Waals surface area contributed by atoms with Gasteiger partial charge >= 0.3 is 11.7 Å². The van der Waals surface area contributed by atoms with Gasteiger partial charge in [0.05, 0.1) is 0 Å². The second-order valence-corrected chi connectivity index (χ2v) is 2.93. The van der Waals surface area contributed by atoms with E-state index in [-0.39, 0.29) is 0 Å².